The quantitative estimate of drug-likeness (QED) is 0.535. The van der Waals surface area contributed by atoms with E-state index in [1.54, 1.807) is 0 Å². The molecule has 6 heteroatoms. The first-order valence-corrected chi connectivity index (χ1v) is 5.49. The normalized spacial score (nSPS) is 11.1. The minimum atomic E-state index is -0.217. The fourth-order valence-corrected chi connectivity index (χ4v) is 1.16. The summed E-state index contributed by atoms with van der Waals surface area (Å²) in [6.07, 6.45) is 3.72. The molecule has 1 aromatic rings. The van der Waals surface area contributed by atoms with Crippen molar-refractivity contribution < 1.29 is 4.79 Å². The van der Waals surface area contributed by atoms with Crippen molar-refractivity contribution in [3.05, 3.63) is 18.1 Å². The van der Waals surface area contributed by atoms with Crippen molar-refractivity contribution in [2.45, 2.75) is 27.2 Å². The Hall–Kier alpha value is -1.69. The molecule has 0 spiro atoms. The van der Waals surface area contributed by atoms with Gasteiger partial charge in [-0.2, -0.15) is 0 Å². The number of amides is 1. The van der Waals surface area contributed by atoms with Crippen molar-refractivity contribution in [2.24, 2.45) is 11.3 Å². The van der Waals surface area contributed by atoms with Gasteiger partial charge in [0.05, 0.1) is 12.4 Å². The first-order chi connectivity index (χ1) is 7.92. The largest absolute Gasteiger partial charge is 0.351 e. The minimum Gasteiger partial charge on any atom is -0.351 e. The van der Waals surface area contributed by atoms with Crippen molar-refractivity contribution in [1.82, 2.24) is 15.3 Å². The Balaban J connectivity index is 2.47. The molecule has 1 rings (SSSR count). The van der Waals surface area contributed by atoms with E-state index in [4.69, 9.17) is 5.84 Å². The van der Waals surface area contributed by atoms with Gasteiger partial charge in [0.25, 0.3) is 5.91 Å². The highest BCUT2D eigenvalue weighted by Crippen LogP contribution is 2.16. The number of rotatable bonds is 4. The van der Waals surface area contributed by atoms with Gasteiger partial charge in [-0.3, -0.25) is 4.79 Å². The Bertz CT molecular complexity index is 368. The van der Waals surface area contributed by atoms with Gasteiger partial charge >= 0.3 is 0 Å². The standard InChI is InChI=1S/C11H19N5O/c1-11(2,3)4-5-13-10(17)8-6-15-9(16-12)7-14-8/h6-7H,4-5,12H2,1-3H3,(H,13,17)(H,15,16). The second-order valence-electron chi connectivity index (χ2n) is 5.00. The third kappa shape index (κ3) is 4.78. The van der Waals surface area contributed by atoms with Crippen molar-refractivity contribution in [3.63, 3.8) is 0 Å². The van der Waals surface area contributed by atoms with Crippen LogP contribution < -0.4 is 16.6 Å². The first-order valence-electron chi connectivity index (χ1n) is 5.49. The van der Waals surface area contributed by atoms with Crippen LogP contribution in [0.2, 0.25) is 0 Å². The zero-order chi connectivity index (χ0) is 12.9. The molecular weight excluding hydrogens is 218 g/mol. The third-order valence-electron chi connectivity index (χ3n) is 2.19. The van der Waals surface area contributed by atoms with Gasteiger partial charge in [0.15, 0.2) is 5.82 Å². The monoisotopic (exact) mass is 237 g/mol. The summed E-state index contributed by atoms with van der Waals surface area (Å²) in [6, 6.07) is 0. The Morgan fingerprint density at radius 2 is 2.06 bits per heavy atom. The highest BCUT2D eigenvalue weighted by atomic mass is 16.1. The molecule has 1 aromatic heterocycles. The fourth-order valence-electron chi connectivity index (χ4n) is 1.16. The Morgan fingerprint density at radius 3 is 2.53 bits per heavy atom. The maximum Gasteiger partial charge on any atom is 0.271 e. The van der Waals surface area contributed by atoms with E-state index in [0.717, 1.165) is 6.42 Å². The maximum absolute atomic E-state index is 11.7. The molecule has 0 aromatic carbocycles. The average Bonchev–Trinajstić information content (AvgIpc) is 2.27. The summed E-state index contributed by atoms with van der Waals surface area (Å²) >= 11 is 0. The van der Waals surface area contributed by atoms with Crippen molar-refractivity contribution in [2.75, 3.05) is 12.0 Å². The van der Waals surface area contributed by atoms with Gasteiger partial charge in [0, 0.05) is 6.54 Å². The number of nitrogens with two attached hydrogens (primary N) is 1. The number of anilines is 1. The van der Waals surface area contributed by atoms with E-state index in [-0.39, 0.29) is 17.0 Å². The molecule has 0 unspecified atom stereocenters. The van der Waals surface area contributed by atoms with Crippen LogP contribution in [-0.4, -0.2) is 22.4 Å². The highest BCUT2D eigenvalue weighted by molar-refractivity contribution is 5.91. The van der Waals surface area contributed by atoms with E-state index in [2.05, 4.69) is 41.5 Å². The molecule has 0 aliphatic rings. The number of hydrazine groups is 1. The van der Waals surface area contributed by atoms with Crippen LogP contribution in [0.1, 0.15) is 37.7 Å². The third-order valence-corrected chi connectivity index (χ3v) is 2.19. The molecule has 1 amide bonds. The molecule has 94 valence electrons. The summed E-state index contributed by atoms with van der Waals surface area (Å²) in [6.45, 7) is 7.00. The minimum absolute atomic E-state index is 0.201. The van der Waals surface area contributed by atoms with E-state index in [9.17, 15) is 4.79 Å². The van der Waals surface area contributed by atoms with E-state index < -0.39 is 0 Å². The van der Waals surface area contributed by atoms with Gasteiger partial charge in [-0.1, -0.05) is 20.8 Å². The number of aromatic nitrogens is 2. The topological polar surface area (TPSA) is 92.9 Å². The van der Waals surface area contributed by atoms with Gasteiger partial charge in [-0.25, -0.2) is 15.8 Å². The number of carbonyl (C=O) groups is 1. The average molecular weight is 237 g/mol. The first kappa shape index (κ1) is 13.4. The van der Waals surface area contributed by atoms with Crippen molar-refractivity contribution >= 4 is 11.7 Å². The number of nitrogens with one attached hydrogen (secondary N) is 2. The fraction of sp³-hybridized carbons (Fsp3) is 0.545. The molecule has 0 atom stereocenters. The van der Waals surface area contributed by atoms with Crippen LogP contribution in [0.3, 0.4) is 0 Å². The second kappa shape index (κ2) is 5.58. The van der Waals surface area contributed by atoms with Crippen LogP contribution in [0.15, 0.2) is 12.4 Å². The lowest BCUT2D eigenvalue weighted by atomic mass is 9.92. The second-order valence-corrected chi connectivity index (χ2v) is 5.00. The van der Waals surface area contributed by atoms with E-state index in [1.807, 2.05) is 0 Å². The zero-order valence-corrected chi connectivity index (χ0v) is 10.4. The molecule has 0 bridgehead atoms. The predicted octanol–water partition coefficient (Wildman–Crippen LogP) is 0.928. The van der Waals surface area contributed by atoms with Crippen LogP contribution in [0, 0.1) is 5.41 Å². The lowest BCUT2D eigenvalue weighted by Gasteiger charge is -2.17. The van der Waals surface area contributed by atoms with Crippen molar-refractivity contribution in [3.8, 4) is 0 Å². The molecule has 0 aliphatic carbocycles. The summed E-state index contributed by atoms with van der Waals surface area (Å²) in [5, 5.41) is 2.80. The number of carbonyl (C=O) groups excluding carboxylic acids is 1. The van der Waals surface area contributed by atoms with Gasteiger partial charge < -0.3 is 10.7 Å². The summed E-state index contributed by atoms with van der Waals surface area (Å²) in [4.78, 5) is 19.5. The highest BCUT2D eigenvalue weighted by Gasteiger charge is 2.12. The van der Waals surface area contributed by atoms with Crippen LogP contribution in [0.4, 0.5) is 5.82 Å². The lowest BCUT2D eigenvalue weighted by Crippen LogP contribution is -2.28. The lowest BCUT2D eigenvalue weighted by molar-refractivity contribution is 0.0944. The molecule has 0 fully saturated rings. The Kier molecular flexibility index (Phi) is 4.39. The molecule has 1 heterocycles. The number of hydrogen-bond donors (Lipinski definition) is 3. The van der Waals surface area contributed by atoms with Crippen molar-refractivity contribution in [1.29, 1.82) is 0 Å². The Labute approximate surface area is 101 Å². The maximum atomic E-state index is 11.7. The van der Waals surface area contributed by atoms with Crippen LogP contribution in [0.5, 0.6) is 0 Å². The molecule has 0 saturated heterocycles. The van der Waals surface area contributed by atoms with E-state index >= 15 is 0 Å². The van der Waals surface area contributed by atoms with E-state index in [0.29, 0.717) is 12.4 Å². The Morgan fingerprint density at radius 1 is 1.35 bits per heavy atom. The molecule has 6 nitrogen and oxygen atoms in total. The summed E-state index contributed by atoms with van der Waals surface area (Å²) in [7, 11) is 0. The van der Waals surface area contributed by atoms with Crippen LogP contribution in [0.25, 0.3) is 0 Å². The van der Waals surface area contributed by atoms with Crippen LogP contribution >= 0.6 is 0 Å². The number of nitrogen functional groups attached to an aromatic ring is 1. The molecule has 0 saturated carbocycles. The summed E-state index contributed by atoms with van der Waals surface area (Å²) in [5.74, 6) is 5.36. The predicted molar refractivity (Wildman–Crippen MR) is 66.2 cm³/mol. The van der Waals surface area contributed by atoms with Gasteiger partial charge in [-0.05, 0) is 11.8 Å². The smallest absolute Gasteiger partial charge is 0.271 e. The number of nitrogens with zero attached hydrogens (tertiary/aromatic N) is 2. The zero-order valence-electron chi connectivity index (χ0n) is 10.4. The van der Waals surface area contributed by atoms with Gasteiger partial charge in [0.1, 0.15) is 5.69 Å². The van der Waals surface area contributed by atoms with E-state index in [1.165, 1.54) is 12.4 Å². The molecule has 4 N–H and O–H groups in total. The molecule has 0 aliphatic heterocycles. The van der Waals surface area contributed by atoms with Gasteiger partial charge in [0.2, 0.25) is 0 Å². The number of hydrogen-bond acceptors (Lipinski definition) is 5. The van der Waals surface area contributed by atoms with Crippen LogP contribution in [-0.2, 0) is 0 Å². The van der Waals surface area contributed by atoms with Gasteiger partial charge in [-0.15, -0.1) is 0 Å². The summed E-state index contributed by atoms with van der Waals surface area (Å²) < 4.78 is 0. The SMILES string of the molecule is CC(C)(C)CCNC(=O)c1cnc(NN)cn1. The molecule has 0 radical (unpaired) electrons. The molecular formula is C11H19N5O. The molecule has 17 heavy (non-hydrogen) atoms. The summed E-state index contributed by atoms with van der Waals surface area (Å²) in [5.41, 5.74) is 2.84.